The highest BCUT2D eigenvalue weighted by Crippen LogP contribution is 2.75. The van der Waals surface area contributed by atoms with Crippen molar-refractivity contribution in [2.45, 2.75) is 94.0 Å². The summed E-state index contributed by atoms with van der Waals surface area (Å²) in [5.41, 5.74) is 0.823. The second-order valence-electron chi connectivity index (χ2n) is 7.22. The molecule has 3 aliphatic rings. The highest BCUT2D eigenvalue weighted by Gasteiger charge is 2.57. The molecule has 3 fully saturated rings. The smallest absolute Gasteiger partial charge is 0.134 e. The maximum Gasteiger partial charge on any atom is 0.134 e. The van der Waals surface area contributed by atoms with E-state index in [1.54, 1.807) is 0 Å². The molecule has 0 aromatic rings. The van der Waals surface area contributed by atoms with Gasteiger partial charge in [0.25, 0.3) is 0 Å². The van der Waals surface area contributed by atoms with Crippen LogP contribution in [0, 0.1) is 0 Å². The Kier molecular flexibility index (Phi) is 3.34. The number of hydrogen-bond donors (Lipinski definition) is 0. The molecule has 0 N–H and O–H groups in total. The number of carbonyl (C=O) groups excluding carboxylic acids is 1. The van der Waals surface area contributed by atoms with Crippen LogP contribution in [0.4, 0.5) is 0 Å². The average Bonchev–Trinajstić information content (AvgIpc) is 2.88. The van der Waals surface area contributed by atoms with E-state index >= 15 is 0 Å². The molecule has 2 spiro atoms. The summed E-state index contributed by atoms with van der Waals surface area (Å²) in [6.07, 6.45) is 12.9. The lowest BCUT2D eigenvalue weighted by molar-refractivity contribution is -0.120. The normalized spacial score (nSPS) is 30.9. The lowest BCUT2D eigenvalue weighted by Gasteiger charge is -2.54. The van der Waals surface area contributed by atoms with Crippen molar-refractivity contribution in [2.75, 3.05) is 0 Å². The molecule has 1 aliphatic heterocycles. The van der Waals surface area contributed by atoms with E-state index in [1.807, 2.05) is 0 Å². The Balaban J connectivity index is 2.00. The first-order valence-electron chi connectivity index (χ1n) is 7.89. The van der Waals surface area contributed by atoms with Crippen LogP contribution in [0.1, 0.15) is 78.1 Å². The van der Waals surface area contributed by atoms with Gasteiger partial charge in [-0.1, -0.05) is 47.5 Å². The van der Waals surface area contributed by atoms with E-state index in [-0.39, 0.29) is 7.92 Å². The average molecular weight is 266 g/mol. The standard InChI is InChI=1S/C16H27OP/c1-13(2)18-15(7-3-4-8-15)11-14(17)12-16(18)9-5-6-10-16/h13H,3-12H2,1-2H3. The van der Waals surface area contributed by atoms with Gasteiger partial charge in [0.15, 0.2) is 0 Å². The van der Waals surface area contributed by atoms with Crippen LogP contribution >= 0.6 is 7.92 Å². The van der Waals surface area contributed by atoms with Crippen molar-refractivity contribution in [3.05, 3.63) is 0 Å². The third kappa shape index (κ3) is 1.89. The predicted molar refractivity (Wildman–Crippen MR) is 78.7 cm³/mol. The Bertz CT molecular complexity index is 307. The first-order valence-corrected chi connectivity index (χ1v) is 9.30. The van der Waals surface area contributed by atoms with Gasteiger partial charge in [-0.05, 0) is 41.7 Å². The third-order valence-corrected chi connectivity index (χ3v) is 9.95. The summed E-state index contributed by atoms with van der Waals surface area (Å²) in [5, 5.41) is 0.951. The number of Topliss-reactive ketones (excluding diaryl/α,β-unsaturated/α-hetero) is 1. The van der Waals surface area contributed by atoms with Crippen molar-refractivity contribution in [3.8, 4) is 0 Å². The van der Waals surface area contributed by atoms with Crippen molar-refractivity contribution in [2.24, 2.45) is 0 Å². The lowest BCUT2D eigenvalue weighted by atomic mass is 9.90. The Morgan fingerprint density at radius 1 is 0.889 bits per heavy atom. The molecule has 1 heterocycles. The van der Waals surface area contributed by atoms with Crippen molar-refractivity contribution < 1.29 is 4.79 Å². The van der Waals surface area contributed by atoms with Gasteiger partial charge < -0.3 is 0 Å². The molecule has 0 atom stereocenters. The van der Waals surface area contributed by atoms with Crippen LogP contribution < -0.4 is 0 Å². The van der Waals surface area contributed by atoms with E-state index in [0.29, 0.717) is 16.1 Å². The lowest BCUT2D eigenvalue weighted by Crippen LogP contribution is -2.45. The molecular formula is C16H27OP. The zero-order valence-electron chi connectivity index (χ0n) is 12.0. The molecule has 0 amide bonds. The second-order valence-corrected chi connectivity index (χ2v) is 10.9. The van der Waals surface area contributed by atoms with Gasteiger partial charge >= 0.3 is 0 Å². The molecule has 18 heavy (non-hydrogen) atoms. The molecule has 1 saturated heterocycles. The van der Waals surface area contributed by atoms with Crippen LogP contribution in [0.2, 0.25) is 0 Å². The fourth-order valence-electron chi connectivity index (χ4n) is 5.47. The molecule has 0 bridgehead atoms. The van der Waals surface area contributed by atoms with Crippen LogP contribution in [0.15, 0.2) is 0 Å². The van der Waals surface area contributed by atoms with Crippen molar-refractivity contribution in [1.82, 2.24) is 0 Å². The molecular weight excluding hydrogens is 239 g/mol. The van der Waals surface area contributed by atoms with Crippen LogP contribution in [0.5, 0.6) is 0 Å². The highest BCUT2D eigenvalue weighted by atomic mass is 31.1. The minimum Gasteiger partial charge on any atom is -0.300 e. The number of rotatable bonds is 1. The molecule has 0 aromatic heterocycles. The molecule has 1 nitrogen and oxygen atoms in total. The topological polar surface area (TPSA) is 17.1 Å². The van der Waals surface area contributed by atoms with Gasteiger partial charge in [0.05, 0.1) is 0 Å². The Labute approximate surface area is 113 Å². The summed E-state index contributed by atoms with van der Waals surface area (Å²) < 4.78 is 0. The van der Waals surface area contributed by atoms with Gasteiger partial charge in [-0.15, -0.1) is 0 Å². The van der Waals surface area contributed by atoms with E-state index in [4.69, 9.17) is 0 Å². The Morgan fingerprint density at radius 2 is 1.28 bits per heavy atom. The number of ketones is 1. The maximum atomic E-state index is 12.4. The summed E-state index contributed by atoms with van der Waals surface area (Å²) in [7, 11) is 0.0510. The fourth-order valence-corrected chi connectivity index (χ4v) is 11.0. The Morgan fingerprint density at radius 3 is 1.61 bits per heavy atom. The maximum absolute atomic E-state index is 12.4. The van der Waals surface area contributed by atoms with E-state index in [2.05, 4.69) is 13.8 Å². The molecule has 2 saturated carbocycles. The van der Waals surface area contributed by atoms with Gasteiger partial charge in [0, 0.05) is 12.8 Å². The minimum absolute atomic E-state index is 0.0510. The van der Waals surface area contributed by atoms with Gasteiger partial charge in [-0.25, -0.2) is 0 Å². The molecule has 102 valence electrons. The van der Waals surface area contributed by atoms with Gasteiger partial charge in [-0.2, -0.15) is 0 Å². The number of hydrogen-bond acceptors (Lipinski definition) is 1. The fraction of sp³-hybridized carbons (Fsp3) is 0.938. The second kappa shape index (κ2) is 4.58. The molecule has 0 aromatic carbocycles. The first kappa shape index (κ1) is 13.1. The zero-order valence-corrected chi connectivity index (χ0v) is 12.9. The quantitative estimate of drug-likeness (QED) is 0.619. The predicted octanol–water partition coefficient (Wildman–Crippen LogP) is 4.87. The molecule has 0 unspecified atom stereocenters. The number of carbonyl (C=O) groups is 1. The van der Waals surface area contributed by atoms with E-state index in [9.17, 15) is 4.79 Å². The minimum atomic E-state index is 0.0510. The monoisotopic (exact) mass is 266 g/mol. The molecule has 2 aliphatic carbocycles. The van der Waals surface area contributed by atoms with Crippen LogP contribution in [-0.4, -0.2) is 21.8 Å². The van der Waals surface area contributed by atoms with Crippen molar-refractivity contribution in [1.29, 1.82) is 0 Å². The molecule has 2 heteroatoms. The van der Waals surface area contributed by atoms with Crippen LogP contribution in [0.25, 0.3) is 0 Å². The van der Waals surface area contributed by atoms with Crippen LogP contribution in [-0.2, 0) is 4.79 Å². The van der Waals surface area contributed by atoms with Crippen LogP contribution in [0.3, 0.4) is 0 Å². The molecule has 3 rings (SSSR count). The van der Waals surface area contributed by atoms with E-state index in [0.717, 1.165) is 18.5 Å². The summed E-state index contributed by atoms with van der Waals surface area (Å²) in [6.45, 7) is 4.89. The summed E-state index contributed by atoms with van der Waals surface area (Å²) in [6, 6.07) is 0. The zero-order chi connectivity index (χ0) is 12.8. The largest absolute Gasteiger partial charge is 0.300 e. The van der Waals surface area contributed by atoms with Crippen molar-refractivity contribution in [3.63, 3.8) is 0 Å². The first-order chi connectivity index (χ1) is 8.58. The third-order valence-electron chi connectivity index (χ3n) is 5.66. The van der Waals surface area contributed by atoms with E-state index in [1.165, 1.54) is 51.4 Å². The summed E-state index contributed by atoms with van der Waals surface area (Å²) in [4.78, 5) is 12.4. The molecule has 0 radical (unpaired) electrons. The van der Waals surface area contributed by atoms with Crippen molar-refractivity contribution >= 4 is 13.7 Å². The Hall–Kier alpha value is 0.100. The van der Waals surface area contributed by atoms with Gasteiger partial charge in [0.2, 0.25) is 0 Å². The van der Waals surface area contributed by atoms with Gasteiger partial charge in [0.1, 0.15) is 5.78 Å². The highest BCUT2D eigenvalue weighted by molar-refractivity contribution is 7.62. The van der Waals surface area contributed by atoms with Gasteiger partial charge in [-0.3, -0.25) is 4.79 Å². The van der Waals surface area contributed by atoms with E-state index < -0.39 is 0 Å². The SMILES string of the molecule is CC(C)P1C2(CCCC2)CC(=O)CC12CCCC2. The summed E-state index contributed by atoms with van der Waals surface area (Å²) >= 11 is 0. The summed E-state index contributed by atoms with van der Waals surface area (Å²) in [5.74, 6) is 0.609.